The molecular weight excluding hydrogens is 498 g/mol. The fourth-order valence-electron chi connectivity index (χ4n) is 3.86. The monoisotopic (exact) mass is 533 g/mol. The number of aliphatic hydroxyl groups is 1. The number of hydrogen-bond acceptors (Lipinski definition) is 7. The normalized spacial score (nSPS) is 14.3. The van der Waals surface area contributed by atoms with Crippen LogP contribution in [-0.4, -0.2) is 80.7 Å². The number of carbonyl (C=O) groups excluding carboxylic acids is 3. The molecule has 4 unspecified atom stereocenters. The number of aromatic nitrogens is 1. The van der Waals surface area contributed by atoms with Crippen molar-refractivity contribution in [3.63, 3.8) is 0 Å². The van der Waals surface area contributed by atoms with E-state index in [9.17, 15) is 29.1 Å². The lowest BCUT2D eigenvalue weighted by Crippen LogP contribution is -2.58. The van der Waals surface area contributed by atoms with Gasteiger partial charge in [0, 0.05) is 29.9 Å². The van der Waals surface area contributed by atoms with E-state index in [1.54, 1.807) is 12.3 Å². The zero-order chi connectivity index (χ0) is 28.4. The van der Waals surface area contributed by atoms with E-state index >= 15 is 0 Å². The Morgan fingerprint density at radius 2 is 1.53 bits per heavy atom. The highest BCUT2D eigenvalue weighted by atomic mass is 16.4. The topological polar surface area (TPSA) is 224 Å². The maximum Gasteiger partial charge on any atom is 0.326 e. The van der Waals surface area contributed by atoms with Gasteiger partial charge in [0.05, 0.1) is 6.61 Å². The number of benzene rings is 1. The van der Waals surface area contributed by atoms with Crippen LogP contribution in [0.1, 0.15) is 38.7 Å². The summed E-state index contributed by atoms with van der Waals surface area (Å²) in [5.41, 5.74) is 7.03. The van der Waals surface area contributed by atoms with E-state index in [-0.39, 0.29) is 25.2 Å². The molecule has 0 fully saturated rings. The van der Waals surface area contributed by atoms with E-state index < -0.39 is 66.9 Å². The number of carbonyl (C=O) groups is 5. The molecule has 0 aliphatic heterocycles. The molecule has 1 aromatic carbocycles. The van der Waals surface area contributed by atoms with E-state index in [0.29, 0.717) is 5.56 Å². The zero-order valence-electron chi connectivity index (χ0n) is 21.3. The van der Waals surface area contributed by atoms with Gasteiger partial charge in [-0.1, -0.05) is 32.0 Å². The molecule has 4 atom stereocenters. The summed E-state index contributed by atoms with van der Waals surface area (Å²) in [6, 6.07) is 2.21. The highest BCUT2D eigenvalue weighted by Gasteiger charge is 2.31. The molecule has 0 aliphatic rings. The molecule has 0 radical (unpaired) electrons. The van der Waals surface area contributed by atoms with Crippen molar-refractivity contribution in [2.45, 2.75) is 63.7 Å². The van der Waals surface area contributed by atoms with Crippen molar-refractivity contribution < 1.29 is 39.3 Å². The van der Waals surface area contributed by atoms with Gasteiger partial charge in [-0.05, 0) is 30.4 Å². The molecule has 0 saturated carbocycles. The van der Waals surface area contributed by atoms with Crippen LogP contribution in [0.5, 0.6) is 0 Å². The number of rotatable bonds is 15. The number of carboxylic acids is 2. The van der Waals surface area contributed by atoms with Crippen LogP contribution in [0.4, 0.5) is 0 Å². The summed E-state index contributed by atoms with van der Waals surface area (Å²) >= 11 is 0. The van der Waals surface area contributed by atoms with Crippen molar-refractivity contribution in [1.29, 1.82) is 0 Å². The third-order valence-electron chi connectivity index (χ3n) is 5.87. The Bertz CT molecular complexity index is 1150. The molecule has 0 spiro atoms. The number of hydrogen-bond donors (Lipinski definition) is 8. The van der Waals surface area contributed by atoms with Crippen LogP contribution < -0.4 is 21.7 Å². The first kappa shape index (κ1) is 30.3. The predicted octanol–water partition coefficient (Wildman–Crippen LogP) is -0.520. The maximum absolute atomic E-state index is 13.3. The summed E-state index contributed by atoms with van der Waals surface area (Å²) in [6.45, 7) is 3.03. The van der Waals surface area contributed by atoms with Crippen LogP contribution in [0.3, 0.4) is 0 Å². The standard InChI is InChI=1S/C25H35N5O8/c1-13(2)9-19(29-22(34)16(26)12-31)23(35)30-20(10-14-11-27-17-6-4-3-5-15(14)17)24(36)28-18(25(37)38)7-8-21(32)33/h3-6,11,13,16,18-20,27,31H,7-10,12,26H2,1-2H3,(H,28,36)(H,29,34)(H,30,35)(H,32,33)(H,37,38). The summed E-state index contributed by atoms with van der Waals surface area (Å²) in [5, 5.41) is 35.8. The number of nitrogens with two attached hydrogens (primary N) is 1. The second kappa shape index (κ2) is 14.1. The number of aliphatic carboxylic acids is 2. The number of aromatic amines is 1. The fraction of sp³-hybridized carbons (Fsp3) is 0.480. The Morgan fingerprint density at radius 1 is 0.921 bits per heavy atom. The van der Waals surface area contributed by atoms with Gasteiger partial charge in [-0.25, -0.2) is 4.79 Å². The molecule has 13 heteroatoms. The summed E-state index contributed by atoms with van der Waals surface area (Å²) in [7, 11) is 0. The van der Waals surface area contributed by atoms with Gasteiger partial charge in [0.25, 0.3) is 0 Å². The lowest BCUT2D eigenvalue weighted by molar-refractivity contribution is -0.143. The van der Waals surface area contributed by atoms with E-state index in [1.807, 2.05) is 32.0 Å². The zero-order valence-corrected chi connectivity index (χ0v) is 21.3. The van der Waals surface area contributed by atoms with E-state index in [1.165, 1.54) is 0 Å². The molecular formula is C25H35N5O8. The molecule has 38 heavy (non-hydrogen) atoms. The molecule has 208 valence electrons. The molecule has 0 saturated heterocycles. The number of carboxylic acid groups (broad SMARTS) is 2. The number of para-hydroxylation sites is 1. The lowest BCUT2D eigenvalue weighted by atomic mass is 10.00. The van der Waals surface area contributed by atoms with Crippen LogP contribution >= 0.6 is 0 Å². The highest BCUT2D eigenvalue weighted by Crippen LogP contribution is 2.19. The maximum atomic E-state index is 13.3. The van der Waals surface area contributed by atoms with E-state index in [0.717, 1.165) is 10.9 Å². The number of H-pyrrole nitrogens is 1. The van der Waals surface area contributed by atoms with Gasteiger partial charge in [-0.15, -0.1) is 0 Å². The van der Waals surface area contributed by atoms with Crippen molar-refractivity contribution >= 4 is 40.6 Å². The molecule has 1 heterocycles. The summed E-state index contributed by atoms with van der Waals surface area (Å²) < 4.78 is 0. The summed E-state index contributed by atoms with van der Waals surface area (Å²) in [6.07, 6.45) is 1.02. The number of amides is 3. The van der Waals surface area contributed by atoms with Crippen LogP contribution in [0, 0.1) is 5.92 Å². The minimum Gasteiger partial charge on any atom is -0.481 e. The highest BCUT2D eigenvalue weighted by molar-refractivity contribution is 5.95. The molecule has 3 amide bonds. The molecule has 1 aromatic heterocycles. The predicted molar refractivity (Wildman–Crippen MR) is 137 cm³/mol. The van der Waals surface area contributed by atoms with Crippen LogP contribution in [0.2, 0.25) is 0 Å². The number of aliphatic hydroxyl groups excluding tert-OH is 1. The van der Waals surface area contributed by atoms with Gasteiger partial charge in [-0.2, -0.15) is 0 Å². The largest absolute Gasteiger partial charge is 0.481 e. The molecule has 0 aliphatic carbocycles. The lowest BCUT2D eigenvalue weighted by Gasteiger charge is -2.26. The van der Waals surface area contributed by atoms with Gasteiger partial charge < -0.3 is 42.0 Å². The Labute approximate surface area is 219 Å². The second-order valence-electron chi connectivity index (χ2n) is 9.44. The van der Waals surface area contributed by atoms with Crippen LogP contribution in [0.15, 0.2) is 30.5 Å². The van der Waals surface area contributed by atoms with E-state index in [4.69, 9.17) is 15.9 Å². The van der Waals surface area contributed by atoms with Crippen molar-refractivity contribution in [1.82, 2.24) is 20.9 Å². The summed E-state index contributed by atoms with van der Waals surface area (Å²) in [5.74, 6) is -4.95. The van der Waals surface area contributed by atoms with Crippen LogP contribution in [-0.2, 0) is 30.4 Å². The minimum absolute atomic E-state index is 0.0225. The van der Waals surface area contributed by atoms with Crippen molar-refractivity contribution in [2.24, 2.45) is 11.7 Å². The molecule has 9 N–H and O–H groups in total. The van der Waals surface area contributed by atoms with E-state index in [2.05, 4.69) is 20.9 Å². The van der Waals surface area contributed by atoms with Crippen molar-refractivity contribution in [2.75, 3.05) is 6.61 Å². The number of nitrogens with one attached hydrogen (secondary N) is 4. The Hall–Kier alpha value is -3.97. The van der Waals surface area contributed by atoms with Gasteiger partial charge in [0.2, 0.25) is 17.7 Å². The Balaban J connectivity index is 2.32. The first-order valence-corrected chi connectivity index (χ1v) is 12.2. The minimum atomic E-state index is -1.49. The molecule has 13 nitrogen and oxygen atoms in total. The van der Waals surface area contributed by atoms with Crippen molar-refractivity contribution in [3.8, 4) is 0 Å². The smallest absolute Gasteiger partial charge is 0.326 e. The summed E-state index contributed by atoms with van der Waals surface area (Å²) in [4.78, 5) is 64.4. The Morgan fingerprint density at radius 3 is 2.13 bits per heavy atom. The SMILES string of the molecule is CC(C)CC(NC(=O)C(N)CO)C(=O)NC(Cc1c[nH]c2ccccc12)C(=O)NC(CCC(=O)O)C(=O)O. The van der Waals surface area contributed by atoms with Crippen LogP contribution in [0.25, 0.3) is 10.9 Å². The molecule has 2 aromatic rings. The first-order chi connectivity index (χ1) is 17.9. The fourth-order valence-corrected chi connectivity index (χ4v) is 3.86. The second-order valence-corrected chi connectivity index (χ2v) is 9.44. The average molecular weight is 534 g/mol. The van der Waals surface area contributed by atoms with Crippen molar-refractivity contribution in [3.05, 3.63) is 36.0 Å². The van der Waals surface area contributed by atoms with Gasteiger partial charge in [0.1, 0.15) is 24.2 Å². The average Bonchev–Trinajstić information content (AvgIpc) is 3.27. The van der Waals surface area contributed by atoms with Gasteiger partial charge >= 0.3 is 11.9 Å². The Kier molecular flexibility index (Phi) is 11.2. The van der Waals surface area contributed by atoms with Gasteiger partial charge in [-0.3, -0.25) is 19.2 Å². The first-order valence-electron chi connectivity index (χ1n) is 12.2. The van der Waals surface area contributed by atoms with Gasteiger partial charge in [0.15, 0.2) is 0 Å². The third kappa shape index (κ3) is 8.85. The third-order valence-corrected chi connectivity index (χ3v) is 5.87. The molecule has 0 bridgehead atoms. The molecule has 2 rings (SSSR count). The quantitative estimate of drug-likeness (QED) is 0.147. The number of fused-ring (bicyclic) bond motifs is 1.